The molecule has 0 aliphatic heterocycles. The smallest absolute Gasteiger partial charge is 0.358 e. The van der Waals surface area contributed by atoms with Crippen LogP contribution in [-0.2, 0) is 0 Å². The maximum atomic E-state index is 10.8. The van der Waals surface area contributed by atoms with E-state index in [-0.39, 0.29) is 5.69 Å². The first kappa shape index (κ1) is 9.89. The second kappa shape index (κ2) is 3.84. The van der Waals surface area contributed by atoms with E-state index in [0.29, 0.717) is 11.7 Å². The molecule has 2 atom stereocenters. The molecule has 5 nitrogen and oxygen atoms in total. The van der Waals surface area contributed by atoms with E-state index in [9.17, 15) is 4.79 Å². The van der Waals surface area contributed by atoms with Crippen LogP contribution in [0.1, 0.15) is 23.8 Å². The fourth-order valence-corrected chi connectivity index (χ4v) is 1.54. The van der Waals surface area contributed by atoms with Crippen LogP contribution in [0.15, 0.2) is 12.4 Å². The van der Waals surface area contributed by atoms with Crippen molar-refractivity contribution >= 4 is 11.8 Å². The average molecular weight is 207 g/mol. The highest BCUT2D eigenvalue weighted by molar-refractivity contribution is 5.90. The summed E-state index contributed by atoms with van der Waals surface area (Å²) < 4.78 is 0. The van der Waals surface area contributed by atoms with Gasteiger partial charge in [-0.3, -0.25) is 0 Å². The van der Waals surface area contributed by atoms with Crippen molar-refractivity contribution in [2.24, 2.45) is 11.8 Å². The Morgan fingerprint density at radius 1 is 1.60 bits per heavy atom. The minimum atomic E-state index is -1.05. The lowest BCUT2D eigenvalue weighted by atomic mass is 10.3. The lowest BCUT2D eigenvalue weighted by Crippen LogP contribution is -2.12. The van der Waals surface area contributed by atoms with Gasteiger partial charge in [0.2, 0.25) is 0 Å². The van der Waals surface area contributed by atoms with E-state index in [1.165, 1.54) is 18.8 Å². The summed E-state index contributed by atoms with van der Waals surface area (Å²) in [6.45, 7) is 2.96. The van der Waals surface area contributed by atoms with Crippen LogP contribution in [0.3, 0.4) is 0 Å². The van der Waals surface area contributed by atoms with Gasteiger partial charge in [0.1, 0.15) is 0 Å². The van der Waals surface area contributed by atoms with Crippen LogP contribution in [0.4, 0.5) is 5.82 Å². The summed E-state index contributed by atoms with van der Waals surface area (Å²) >= 11 is 0. The largest absolute Gasteiger partial charge is 0.476 e. The van der Waals surface area contributed by atoms with E-state index in [0.717, 1.165) is 12.5 Å². The molecule has 0 amide bonds. The van der Waals surface area contributed by atoms with Gasteiger partial charge in [0.05, 0.1) is 0 Å². The van der Waals surface area contributed by atoms with E-state index >= 15 is 0 Å². The lowest BCUT2D eigenvalue weighted by molar-refractivity contribution is 0.0691. The number of carboxylic acids is 1. The molecule has 1 heterocycles. The number of carbonyl (C=O) groups is 1. The van der Waals surface area contributed by atoms with Crippen LogP contribution >= 0.6 is 0 Å². The van der Waals surface area contributed by atoms with Gasteiger partial charge in [0.25, 0.3) is 0 Å². The number of aromatic carboxylic acids is 1. The van der Waals surface area contributed by atoms with Gasteiger partial charge >= 0.3 is 5.97 Å². The predicted molar refractivity (Wildman–Crippen MR) is 54.8 cm³/mol. The third-order valence-electron chi connectivity index (χ3n) is 2.71. The predicted octanol–water partition coefficient (Wildman–Crippen LogP) is 1.24. The number of hydrogen-bond acceptors (Lipinski definition) is 4. The Morgan fingerprint density at radius 3 is 2.87 bits per heavy atom. The van der Waals surface area contributed by atoms with Gasteiger partial charge in [-0.05, 0) is 18.3 Å². The van der Waals surface area contributed by atoms with Crippen molar-refractivity contribution in [1.29, 1.82) is 0 Å². The van der Waals surface area contributed by atoms with Crippen molar-refractivity contribution in [3.8, 4) is 0 Å². The number of anilines is 1. The van der Waals surface area contributed by atoms with Crippen LogP contribution in [0, 0.1) is 11.8 Å². The molecule has 1 saturated carbocycles. The topological polar surface area (TPSA) is 75.1 Å². The van der Waals surface area contributed by atoms with Crippen molar-refractivity contribution in [2.45, 2.75) is 13.3 Å². The Hall–Kier alpha value is -1.65. The molecule has 1 aliphatic carbocycles. The van der Waals surface area contributed by atoms with Crippen LogP contribution in [-0.4, -0.2) is 27.6 Å². The first-order valence-electron chi connectivity index (χ1n) is 4.96. The molecule has 80 valence electrons. The number of aromatic nitrogens is 2. The maximum Gasteiger partial charge on any atom is 0.358 e. The molecule has 1 aromatic heterocycles. The molecule has 15 heavy (non-hydrogen) atoms. The van der Waals surface area contributed by atoms with Gasteiger partial charge < -0.3 is 10.4 Å². The van der Waals surface area contributed by atoms with Crippen molar-refractivity contribution < 1.29 is 9.90 Å². The maximum absolute atomic E-state index is 10.8. The fourth-order valence-electron chi connectivity index (χ4n) is 1.54. The monoisotopic (exact) mass is 207 g/mol. The lowest BCUT2D eigenvalue weighted by Gasteiger charge is -2.06. The molecular weight excluding hydrogens is 194 g/mol. The number of nitrogens with one attached hydrogen (secondary N) is 1. The highest BCUT2D eigenvalue weighted by atomic mass is 16.4. The molecule has 0 bridgehead atoms. The number of carboxylic acid groups (broad SMARTS) is 1. The molecule has 1 fully saturated rings. The zero-order valence-corrected chi connectivity index (χ0v) is 8.47. The van der Waals surface area contributed by atoms with Crippen LogP contribution in [0.5, 0.6) is 0 Å². The molecule has 2 unspecified atom stereocenters. The first-order valence-corrected chi connectivity index (χ1v) is 4.96. The minimum absolute atomic E-state index is 0.00852. The molecule has 1 aliphatic rings. The normalized spacial score (nSPS) is 23.5. The summed E-state index contributed by atoms with van der Waals surface area (Å²) in [6.07, 6.45) is 4.08. The highest BCUT2D eigenvalue weighted by Crippen LogP contribution is 2.37. The van der Waals surface area contributed by atoms with E-state index < -0.39 is 5.97 Å². The van der Waals surface area contributed by atoms with Crippen molar-refractivity contribution in [3.63, 3.8) is 0 Å². The Morgan fingerprint density at radius 2 is 2.27 bits per heavy atom. The zero-order valence-electron chi connectivity index (χ0n) is 8.47. The van der Waals surface area contributed by atoms with Crippen molar-refractivity contribution in [1.82, 2.24) is 9.97 Å². The molecule has 5 heteroatoms. The molecule has 0 saturated heterocycles. The Kier molecular flexibility index (Phi) is 2.53. The second-order valence-electron chi connectivity index (χ2n) is 3.91. The van der Waals surface area contributed by atoms with Crippen LogP contribution in [0.2, 0.25) is 0 Å². The summed E-state index contributed by atoms with van der Waals surface area (Å²) in [5, 5.41) is 11.9. The van der Waals surface area contributed by atoms with Crippen LogP contribution in [0.25, 0.3) is 0 Å². The average Bonchev–Trinajstić information content (AvgIpc) is 2.92. The van der Waals surface area contributed by atoms with E-state index in [1.807, 2.05) is 0 Å². The third-order valence-corrected chi connectivity index (χ3v) is 2.71. The Labute approximate surface area is 87.6 Å². The van der Waals surface area contributed by atoms with E-state index in [2.05, 4.69) is 22.2 Å². The SMILES string of the molecule is CC1CC1CNc1nccnc1C(=O)O. The van der Waals surface area contributed by atoms with Crippen molar-refractivity contribution in [3.05, 3.63) is 18.1 Å². The first-order chi connectivity index (χ1) is 7.18. The Bertz CT molecular complexity index is 381. The third kappa shape index (κ3) is 2.23. The van der Waals surface area contributed by atoms with E-state index in [4.69, 9.17) is 5.11 Å². The zero-order chi connectivity index (χ0) is 10.8. The molecule has 0 aromatic carbocycles. The second-order valence-corrected chi connectivity index (χ2v) is 3.91. The van der Waals surface area contributed by atoms with Gasteiger partial charge in [-0.1, -0.05) is 6.92 Å². The molecule has 0 spiro atoms. The highest BCUT2D eigenvalue weighted by Gasteiger charge is 2.32. The van der Waals surface area contributed by atoms with Crippen molar-refractivity contribution in [2.75, 3.05) is 11.9 Å². The number of hydrogen-bond donors (Lipinski definition) is 2. The standard InChI is InChI=1S/C10H13N3O2/c1-6-4-7(6)5-13-9-8(10(14)15)11-2-3-12-9/h2-3,6-7H,4-5H2,1H3,(H,12,13)(H,14,15). The fraction of sp³-hybridized carbons (Fsp3) is 0.500. The van der Waals surface area contributed by atoms with Crippen LogP contribution < -0.4 is 5.32 Å². The molecule has 0 radical (unpaired) electrons. The van der Waals surface area contributed by atoms with E-state index in [1.54, 1.807) is 0 Å². The van der Waals surface area contributed by atoms with Gasteiger partial charge in [0.15, 0.2) is 11.5 Å². The molecule has 1 aromatic rings. The minimum Gasteiger partial charge on any atom is -0.476 e. The molecule has 2 N–H and O–H groups in total. The number of rotatable bonds is 4. The summed E-state index contributed by atoms with van der Waals surface area (Å²) in [6, 6.07) is 0. The molecular formula is C10H13N3O2. The Balaban J connectivity index is 2.03. The van der Waals surface area contributed by atoms with Gasteiger partial charge in [0, 0.05) is 18.9 Å². The summed E-state index contributed by atoms with van der Waals surface area (Å²) in [4.78, 5) is 18.5. The summed E-state index contributed by atoms with van der Waals surface area (Å²) in [7, 11) is 0. The van der Waals surface area contributed by atoms with Gasteiger partial charge in [-0.25, -0.2) is 14.8 Å². The molecule has 2 rings (SSSR count). The van der Waals surface area contributed by atoms with Gasteiger partial charge in [-0.15, -0.1) is 0 Å². The summed E-state index contributed by atoms with van der Waals surface area (Å²) in [5.41, 5.74) is -0.00852. The summed E-state index contributed by atoms with van der Waals surface area (Å²) in [5.74, 6) is 0.703. The van der Waals surface area contributed by atoms with Gasteiger partial charge in [-0.2, -0.15) is 0 Å². The quantitative estimate of drug-likeness (QED) is 0.777. The number of nitrogens with zero attached hydrogens (tertiary/aromatic N) is 2.